The Labute approximate surface area is 342 Å². The third-order valence-electron chi connectivity index (χ3n) is 12.0. The molecule has 3 nitrogen and oxygen atoms in total. The molecule has 12 rings (SSSR count). The molecule has 3 aromatic heterocycles. The van der Waals surface area contributed by atoms with Crippen LogP contribution in [0.5, 0.6) is 0 Å². The van der Waals surface area contributed by atoms with Crippen LogP contribution in [0.3, 0.4) is 0 Å². The molecule has 0 aliphatic rings. The molecule has 5 heteroatoms. The Morgan fingerprint density at radius 3 is 1.59 bits per heavy atom. The van der Waals surface area contributed by atoms with Crippen LogP contribution >= 0.6 is 5.66 Å². The number of rotatable bonds is 5. The summed E-state index contributed by atoms with van der Waals surface area (Å²) in [6, 6.07) is 75.4. The van der Waals surface area contributed by atoms with E-state index in [4.69, 9.17) is 4.98 Å². The average molecular weight is 823 g/mol. The summed E-state index contributed by atoms with van der Waals surface area (Å²) in [7, 11) is 0. The molecule has 0 amide bonds. The first kappa shape index (κ1) is 33.6. The summed E-state index contributed by atoms with van der Waals surface area (Å²) in [5.41, 5.74) is 9.31. The van der Waals surface area contributed by atoms with Crippen molar-refractivity contribution in [3.8, 4) is 22.3 Å². The Morgan fingerprint density at radius 1 is 0.379 bits per heavy atom. The predicted molar refractivity (Wildman–Crippen MR) is 249 cm³/mol. The Morgan fingerprint density at radius 2 is 0.879 bits per heavy atom. The van der Waals surface area contributed by atoms with E-state index in [1.54, 1.807) is 0 Å². The Bertz CT molecular complexity index is 3590. The average Bonchev–Trinajstić information content (AvgIpc) is 3.86. The number of pyridine rings is 1. The zero-order chi connectivity index (χ0) is 38.4. The van der Waals surface area contributed by atoms with Crippen molar-refractivity contribution in [3.05, 3.63) is 206 Å². The normalized spacial score (nSPS) is 13.0. The monoisotopic (exact) mass is 823 g/mol. The first-order valence-corrected chi connectivity index (χ1v) is 23.6. The van der Waals surface area contributed by atoms with Gasteiger partial charge in [-0.15, -0.1) is 0 Å². The zero-order valence-electron chi connectivity index (χ0n) is 31.3. The van der Waals surface area contributed by atoms with Crippen LogP contribution in [0, 0.1) is 0 Å². The van der Waals surface area contributed by atoms with Gasteiger partial charge in [0.1, 0.15) is 5.65 Å². The molecule has 9 aromatic carbocycles. The number of hydrogen-bond acceptors (Lipinski definition) is 1. The van der Waals surface area contributed by atoms with Gasteiger partial charge in [-0.05, 0) is 28.3 Å². The van der Waals surface area contributed by atoms with Crippen LogP contribution in [0.25, 0.3) is 93.2 Å². The fourth-order valence-corrected chi connectivity index (χ4v) is 14.7. The van der Waals surface area contributed by atoms with E-state index in [2.05, 4.69) is 230 Å². The first-order valence-electron chi connectivity index (χ1n) is 19.7. The molecule has 0 aliphatic carbocycles. The molecule has 58 heavy (non-hydrogen) atoms. The van der Waals surface area contributed by atoms with Gasteiger partial charge in [-0.25, -0.2) is 4.98 Å². The van der Waals surface area contributed by atoms with E-state index in [9.17, 15) is 0 Å². The maximum atomic E-state index is 5.23. The van der Waals surface area contributed by atoms with Crippen molar-refractivity contribution in [2.24, 2.45) is 0 Å². The Balaban J connectivity index is 0.958. The van der Waals surface area contributed by atoms with Crippen molar-refractivity contribution in [2.45, 2.75) is 0 Å². The van der Waals surface area contributed by atoms with E-state index in [-0.39, 0.29) is 0 Å². The molecular formula is C53H34N3PSe. The van der Waals surface area contributed by atoms with Gasteiger partial charge in [0, 0.05) is 10.8 Å². The summed E-state index contributed by atoms with van der Waals surface area (Å²) < 4.78 is 4.95. The molecule has 0 saturated heterocycles. The van der Waals surface area contributed by atoms with Gasteiger partial charge >= 0.3 is 231 Å². The number of nitrogens with zero attached hydrogens (tertiary/aromatic N) is 3. The zero-order valence-corrected chi connectivity index (χ0v) is 33.9. The SMILES string of the molecule is [Se]=P(c1ccccc1)(c1ccc(-c2ccc(-c3ccc4c5ccc6ccccc6c5c5nc6ccccc6n5c4c3)cc2)cc1)n1c2ccccc2c2ccccc21. The van der Waals surface area contributed by atoms with Crippen molar-refractivity contribution in [1.82, 2.24) is 13.7 Å². The fraction of sp³-hybridized carbons (Fsp3) is 0. The minimum absolute atomic E-state index is 0.998. The molecule has 0 N–H and O–H groups in total. The van der Waals surface area contributed by atoms with Gasteiger partial charge in [0.15, 0.2) is 0 Å². The molecule has 0 bridgehead atoms. The third kappa shape index (κ3) is 4.93. The topological polar surface area (TPSA) is 22.2 Å². The molecule has 272 valence electrons. The van der Waals surface area contributed by atoms with Crippen molar-refractivity contribution in [2.75, 3.05) is 0 Å². The van der Waals surface area contributed by atoms with Crippen LogP contribution in [0.2, 0.25) is 0 Å². The van der Waals surface area contributed by atoms with Crippen molar-refractivity contribution < 1.29 is 0 Å². The van der Waals surface area contributed by atoms with E-state index >= 15 is 0 Å². The minimum atomic E-state index is -2.22. The molecule has 0 spiro atoms. The van der Waals surface area contributed by atoms with Gasteiger partial charge in [0.25, 0.3) is 0 Å². The second-order valence-corrected chi connectivity index (χ2v) is 21.0. The summed E-state index contributed by atoms with van der Waals surface area (Å²) in [6.07, 6.45) is 0. The summed E-state index contributed by atoms with van der Waals surface area (Å²) in [4.78, 5) is 5.23. The number of fused-ring (bicyclic) bond motifs is 13. The quantitative estimate of drug-likeness (QED) is 0.0963. The maximum absolute atomic E-state index is 5.23. The van der Waals surface area contributed by atoms with Gasteiger partial charge in [0.2, 0.25) is 0 Å². The number of imidazole rings is 1. The standard InChI is InChI=1S/C53H34N3PSe/c58-57(40-13-2-1-3-14-40,56-48-19-9-6-16-43(48)44-17-7-10-20-49(44)56)41-30-26-36(27-31-41)35-22-24-37(25-23-35)39-29-32-45-46-33-28-38-12-4-5-15-42(38)52(46)53-54-47-18-8-11-21-50(47)55(53)51(45)34-39/h1-34H. The number of aromatic nitrogens is 3. The van der Waals surface area contributed by atoms with Gasteiger partial charge in [-0.1, -0.05) is 48.5 Å². The van der Waals surface area contributed by atoms with Gasteiger partial charge in [-0.2, -0.15) is 0 Å². The first-order chi connectivity index (χ1) is 28.6. The van der Waals surface area contributed by atoms with Gasteiger partial charge < -0.3 is 0 Å². The third-order valence-corrected chi connectivity index (χ3v) is 18.6. The van der Waals surface area contributed by atoms with Crippen LogP contribution < -0.4 is 10.6 Å². The summed E-state index contributed by atoms with van der Waals surface area (Å²) >= 11 is 3.81. The predicted octanol–water partition coefficient (Wildman–Crippen LogP) is 12.9. The van der Waals surface area contributed by atoms with Crippen LogP contribution in [-0.2, 0) is 0 Å². The molecule has 1 unspecified atom stereocenters. The summed E-state index contributed by atoms with van der Waals surface area (Å²) in [6.45, 7) is 0. The summed E-state index contributed by atoms with van der Waals surface area (Å²) in [5.74, 6) is 0. The number of para-hydroxylation sites is 4. The molecule has 0 saturated carbocycles. The fourth-order valence-electron chi connectivity index (χ4n) is 9.22. The molecule has 3 heterocycles. The van der Waals surface area contributed by atoms with Gasteiger partial charge in [0.05, 0.1) is 11.0 Å². The molecule has 12 aromatic rings. The van der Waals surface area contributed by atoms with E-state index < -0.39 is 5.66 Å². The Hall–Kier alpha value is -6.54. The van der Waals surface area contributed by atoms with Crippen molar-refractivity contribution in [1.29, 1.82) is 0 Å². The van der Waals surface area contributed by atoms with E-state index in [0.717, 1.165) is 22.2 Å². The van der Waals surface area contributed by atoms with E-state index in [1.165, 1.54) is 81.6 Å². The summed E-state index contributed by atoms with van der Waals surface area (Å²) in [5, 5.41) is 11.3. The van der Waals surface area contributed by atoms with Crippen molar-refractivity contribution >= 4 is 102 Å². The molecule has 0 radical (unpaired) electrons. The van der Waals surface area contributed by atoms with Crippen LogP contribution in [0.1, 0.15) is 0 Å². The molecule has 1 atom stereocenters. The van der Waals surface area contributed by atoms with Gasteiger partial charge in [-0.3, -0.25) is 4.40 Å². The second kappa shape index (κ2) is 13.0. The Kier molecular flexibility index (Phi) is 7.53. The second-order valence-electron chi connectivity index (χ2n) is 15.1. The van der Waals surface area contributed by atoms with E-state index in [1.807, 2.05) is 0 Å². The molecule has 0 aliphatic heterocycles. The van der Waals surface area contributed by atoms with Crippen molar-refractivity contribution in [3.63, 3.8) is 0 Å². The van der Waals surface area contributed by atoms with E-state index in [0.29, 0.717) is 0 Å². The van der Waals surface area contributed by atoms with Crippen LogP contribution in [0.4, 0.5) is 0 Å². The number of hydrogen-bond donors (Lipinski definition) is 0. The van der Waals surface area contributed by atoms with Crippen LogP contribution in [0.15, 0.2) is 206 Å². The molecule has 0 fully saturated rings. The molecular weight excluding hydrogens is 789 g/mol. The number of benzene rings is 9. The van der Waals surface area contributed by atoms with Crippen LogP contribution in [-0.4, -0.2) is 28.8 Å².